The molecular weight excluding hydrogens is 228 g/mol. The van der Waals surface area contributed by atoms with Crippen LogP contribution in [-0.4, -0.2) is 23.8 Å². The van der Waals surface area contributed by atoms with Gasteiger partial charge < -0.3 is 5.43 Å². The lowest BCUT2D eigenvalue weighted by atomic mass is 9.86. The Hall–Kier alpha value is -2.23. The number of hydrogen-bond acceptors (Lipinski definition) is 4. The number of hydrazone groups is 1. The topological polar surface area (TPSA) is 58.5 Å². The largest absolute Gasteiger partial charge is 0.302 e. The highest BCUT2D eigenvalue weighted by atomic mass is 16.2. The van der Waals surface area contributed by atoms with Crippen molar-refractivity contribution in [1.82, 2.24) is 5.43 Å². The molecule has 0 radical (unpaired) electrons. The van der Waals surface area contributed by atoms with Gasteiger partial charge >= 0.3 is 0 Å². The van der Waals surface area contributed by atoms with Gasteiger partial charge in [-0.15, -0.1) is 0 Å². The molecule has 1 aromatic rings. The average molecular weight is 240 g/mol. The van der Waals surface area contributed by atoms with Crippen molar-refractivity contribution in [2.75, 3.05) is 0 Å². The van der Waals surface area contributed by atoms with Crippen molar-refractivity contribution in [3.05, 3.63) is 34.7 Å². The second-order valence-corrected chi connectivity index (χ2v) is 4.42. The van der Waals surface area contributed by atoms with Crippen LogP contribution in [0.3, 0.4) is 0 Å². The predicted octanol–water partition coefficient (Wildman–Crippen LogP) is -0.493. The van der Waals surface area contributed by atoms with E-state index in [9.17, 15) is 9.59 Å². The number of ketones is 2. The van der Waals surface area contributed by atoms with Gasteiger partial charge in [0.25, 0.3) is 0 Å². The SMILES string of the molecule is O=C1CCC2NN=CC=c3cccc/c3=C/2C1=O. The fraction of sp³-hybridized carbons (Fsp3) is 0.214. The molecule has 1 unspecified atom stereocenters. The lowest BCUT2D eigenvalue weighted by molar-refractivity contribution is -0.134. The summed E-state index contributed by atoms with van der Waals surface area (Å²) in [6, 6.07) is 7.42. The Morgan fingerprint density at radius 1 is 1.22 bits per heavy atom. The van der Waals surface area contributed by atoms with Crippen LogP contribution in [0.15, 0.2) is 29.4 Å². The molecule has 0 aromatic heterocycles. The summed E-state index contributed by atoms with van der Waals surface area (Å²) in [6.45, 7) is 0. The van der Waals surface area contributed by atoms with Crippen molar-refractivity contribution in [2.24, 2.45) is 5.10 Å². The molecule has 4 heteroatoms. The third kappa shape index (κ3) is 1.66. The third-order valence-electron chi connectivity index (χ3n) is 3.32. The lowest BCUT2D eigenvalue weighted by Gasteiger charge is -2.23. The highest BCUT2D eigenvalue weighted by Crippen LogP contribution is 2.18. The van der Waals surface area contributed by atoms with Crippen LogP contribution < -0.4 is 15.9 Å². The molecule has 1 fully saturated rings. The summed E-state index contributed by atoms with van der Waals surface area (Å²) in [4.78, 5) is 23.7. The first-order valence-electron chi connectivity index (χ1n) is 5.93. The summed E-state index contributed by atoms with van der Waals surface area (Å²) >= 11 is 0. The molecule has 1 aliphatic carbocycles. The van der Waals surface area contributed by atoms with Crippen LogP contribution in [-0.2, 0) is 9.59 Å². The van der Waals surface area contributed by atoms with Gasteiger partial charge in [-0.1, -0.05) is 24.3 Å². The number of rotatable bonds is 0. The van der Waals surface area contributed by atoms with E-state index in [1.165, 1.54) is 0 Å². The molecule has 3 rings (SSSR count). The molecule has 18 heavy (non-hydrogen) atoms. The molecule has 90 valence electrons. The van der Waals surface area contributed by atoms with Crippen LogP contribution in [0.4, 0.5) is 0 Å². The lowest BCUT2D eigenvalue weighted by Crippen LogP contribution is -2.45. The van der Waals surface area contributed by atoms with E-state index in [2.05, 4.69) is 10.5 Å². The van der Waals surface area contributed by atoms with Crippen LogP contribution in [0.5, 0.6) is 0 Å². The van der Waals surface area contributed by atoms with Crippen molar-refractivity contribution >= 4 is 29.4 Å². The normalized spacial score (nSPS) is 25.2. The van der Waals surface area contributed by atoms with Gasteiger partial charge in [0.05, 0.1) is 6.04 Å². The Balaban J connectivity index is 2.38. The maximum Gasteiger partial charge on any atom is 0.227 e. The molecule has 1 saturated carbocycles. The van der Waals surface area contributed by atoms with Gasteiger partial charge in [-0.2, -0.15) is 5.10 Å². The molecule has 1 atom stereocenters. The van der Waals surface area contributed by atoms with E-state index < -0.39 is 0 Å². The zero-order valence-corrected chi connectivity index (χ0v) is 9.72. The Labute approximate surface area is 104 Å². The molecule has 1 aliphatic heterocycles. The number of Topliss-reactive ketones (excluding diaryl/α,β-unsaturated/α-hetero) is 2. The van der Waals surface area contributed by atoms with Crippen molar-refractivity contribution in [2.45, 2.75) is 18.9 Å². The van der Waals surface area contributed by atoms with Gasteiger partial charge in [0.1, 0.15) is 0 Å². The summed E-state index contributed by atoms with van der Waals surface area (Å²) < 4.78 is 0. The Morgan fingerprint density at radius 3 is 2.94 bits per heavy atom. The minimum absolute atomic E-state index is 0.165. The zero-order valence-electron chi connectivity index (χ0n) is 9.72. The molecular formula is C14H12N2O2. The standard InChI is InChI=1S/C14H12N2O2/c17-12-6-5-11-13(14(12)18)10-4-2-1-3-9(10)7-8-15-16-11/h1-4,7-8,11,16H,5-6H2/b9-7?,13-10+,15-8?. The van der Waals surface area contributed by atoms with E-state index in [0.717, 1.165) is 10.4 Å². The second-order valence-electron chi connectivity index (χ2n) is 4.42. The van der Waals surface area contributed by atoms with Crippen molar-refractivity contribution in [1.29, 1.82) is 0 Å². The summed E-state index contributed by atoms with van der Waals surface area (Å²) in [5, 5.41) is 5.81. The number of nitrogens with one attached hydrogen (secondary N) is 1. The molecule has 4 nitrogen and oxygen atoms in total. The molecule has 1 heterocycles. The van der Waals surface area contributed by atoms with Crippen LogP contribution in [0.1, 0.15) is 12.8 Å². The van der Waals surface area contributed by atoms with E-state index in [1.807, 2.05) is 30.3 Å². The number of hydrogen-bond donors (Lipinski definition) is 1. The highest BCUT2D eigenvalue weighted by Gasteiger charge is 2.32. The number of nitrogens with zero attached hydrogens (tertiary/aromatic N) is 1. The fourth-order valence-electron chi connectivity index (χ4n) is 2.42. The number of carbonyl (C=O) groups is 2. The van der Waals surface area contributed by atoms with E-state index in [0.29, 0.717) is 18.4 Å². The maximum atomic E-state index is 12.1. The average Bonchev–Trinajstić information content (AvgIpc) is 2.36. The van der Waals surface area contributed by atoms with Crippen molar-refractivity contribution in [3.8, 4) is 0 Å². The Bertz CT molecular complexity index is 673. The van der Waals surface area contributed by atoms with E-state index in [-0.39, 0.29) is 17.6 Å². The van der Waals surface area contributed by atoms with Crippen LogP contribution in [0.25, 0.3) is 11.6 Å². The quantitative estimate of drug-likeness (QED) is 0.622. The maximum absolute atomic E-state index is 12.1. The van der Waals surface area contributed by atoms with E-state index in [4.69, 9.17) is 0 Å². The first-order valence-corrected chi connectivity index (χ1v) is 5.93. The summed E-state index contributed by atoms with van der Waals surface area (Å²) in [7, 11) is 0. The summed E-state index contributed by atoms with van der Waals surface area (Å²) in [6.07, 6.45) is 4.42. The molecule has 0 spiro atoms. The zero-order chi connectivity index (χ0) is 12.5. The van der Waals surface area contributed by atoms with Crippen molar-refractivity contribution < 1.29 is 9.59 Å². The van der Waals surface area contributed by atoms with E-state index >= 15 is 0 Å². The Kier molecular flexibility index (Phi) is 2.55. The van der Waals surface area contributed by atoms with E-state index in [1.54, 1.807) is 6.21 Å². The molecule has 1 aromatic carbocycles. The summed E-state index contributed by atoms with van der Waals surface area (Å²) in [5.41, 5.74) is 3.49. The minimum atomic E-state index is -0.378. The number of carbonyl (C=O) groups excluding carboxylic acids is 2. The molecule has 0 saturated heterocycles. The van der Waals surface area contributed by atoms with Gasteiger partial charge in [0.2, 0.25) is 11.6 Å². The van der Waals surface area contributed by atoms with Gasteiger partial charge in [-0.05, 0) is 22.9 Å². The first-order chi connectivity index (χ1) is 8.77. The monoisotopic (exact) mass is 240 g/mol. The number of fused-ring (bicyclic) bond motifs is 2. The minimum Gasteiger partial charge on any atom is -0.302 e. The van der Waals surface area contributed by atoms with Gasteiger partial charge in [0.15, 0.2) is 0 Å². The van der Waals surface area contributed by atoms with Gasteiger partial charge in [0, 0.05) is 18.2 Å². The molecule has 0 amide bonds. The number of benzene rings is 1. The van der Waals surface area contributed by atoms with Gasteiger partial charge in [-0.25, -0.2) is 0 Å². The molecule has 2 aliphatic rings. The van der Waals surface area contributed by atoms with Gasteiger partial charge in [-0.3, -0.25) is 9.59 Å². The smallest absolute Gasteiger partial charge is 0.227 e. The third-order valence-corrected chi connectivity index (χ3v) is 3.32. The second kappa shape index (κ2) is 4.22. The highest BCUT2D eigenvalue weighted by molar-refractivity contribution is 6.53. The molecule has 0 bridgehead atoms. The van der Waals surface area contributed by atoms with Crippen LogP contribution in [0.2, 0.25) is 0 Å². The van der Waals surface area contributed by atoms with Crippen LogP contribution >= 0.6 is 0 Å². The Morgan fingerprint density at radius 2 is 2.06 bits per heavy atom. The first kappa shape index (κ1) is 10.9. The summed E-state index contributed by atoms with van der Waals surface area (Å²) in [5.74, 6) is -0.681. The predicted molar refractivity (Wildman–Crippen MR) is 68.2 cm³/mol. The van der Waals surface area contributed by atoms with Crippen molar-refractivity contribution in [3.63, 3.8) is 0 Å². The fourth-order valence-corrected chi connectivity index (χ4v) is 2.42. The van der Waals surface area contributed by atoms with Crippen LogP contribution in [0, 0.1) is 0 Å². The molecule has 1 N–H and O–H groups in total.